The van der Waals surface area contributed by atoms with E-state index in [9.17, 15) is 0 Å². The first-order valence-corrected chi connectivity index (χ1v) is 7.89. The van der Waals surface area contributed by atoms with Crippen molar-refractivity contribution in [3.05, 3.63) is 0 Å². The van der Waals surface area contributed by atoms with Gasteiger partial charge in [0.05, 0.1) is 0 Å². The van der Waals surface area contributed by atoms with E-state index in [4.69, 9.17) is 0 Å². The average molecular weight is 227 g/mol. The minimum atomic E-state index is 0.538. The minimum Gasteiger partial charge on any atom is -0.307 e. The van der Waals surface area contributed by atoms with Gasteiger partial charge in [0.1, 0.15) is 0 Å². The summed E-state index contributed by atoms with van der Waals surface area (Å²) in [5.74, 6) is 0. The maximum Gasteiger partial charge on any atom is 0.0198 e. The average Bonchev–Trinajstić information content (AvgIpc) is 2.24. The standard InChI is InChI=1S/C13H25NS/c1-3-13(9-6-10-13)14-11-7-4-5-8-12(11)15-2/h11-12,14H,3-10H2,1-2H3. The lowest BCUT2D eigenvalue weighted by Crippen LogP contribution is -2.57. The molecule has 2 fully saturated rings. The van der Waals surface area contributed by atoms with Crippen LogP contribution in [0, 0.1) is 0 Å². The molecule has 2 aliphatic carbocycles. The molecule has 2 heteroatoms. The summed E-state index contributed by atoms with van der Waals surface area (Å²) >= 11 is 2.08. The zero-order chi connectivity index (χ0) is 10.7. The Balaban J connectivity index is 1.90. The monoisotopic (exact) mass is 227 g/mol. The lowest BCUT2D eigenvalue weighted by Gasteiger charge is -2.47. The molecule has 0 spiro atoms. The molecule has 1 N–H and O–H groups in total. The number of hydrogen-bond acceptors (Lipinski definition) is 2. The molecule has 0 heterocycles. The van der Waals surface area contributed by atoms with E-state index >= 15 is 0 Å². The van der Waals surface area contributed by atoms with Gasteiger partial charge in [-0.15, -0.1) is 0 Å². The second-order valence-corrected chi connectivity index (χ2v) is 6.37. The summed E-state index contributed by atoms with van der Waals surface area (Å²) in [7, 11) is 0. The summed E-state index contributed by atoms with van der Waals surface area (Å²) in [6, 6.07) is 0.800. The van der Waals surface area contributed by atoms with Gasteiger partial charge in [0.15, 0.2) is 0 Å². The van der Waals surface area contributed by atoms with E-state index in [1.807, 2.05) is 0 Å². The first-order chi connectivity index (χ1) is 7.29. The smallest absolute Gasteiger partial charge is 0.0198 e. The van der Waals surface area contributed by atoms with Gasteiger partial charge in [-0.2, -0.15) is 11.8 Å². The number of hydrogen-bond donors (Lipinski definition) is 1. The lowest BCUT2D eigenvalue weighted by molar-refractivity contribution is 0.145. The summed E-state index contributed by atoms with van der Waals surface area (Å²) in [4.78, 5) is 0. The van der Waals surface area contributed by atoms with Gasteiger partial charge in [-0.3, -0.25) is 0 Å². The Morgan fingerprint density at radius 1 is 1.20 bits per heavy atom. The van der Waals surface area contributed by atoms with Crippen LogP contribution < -0.4 is 5.32 Å². The zero-order valence-electron chi connectivity index (χ0n) is 10.2. The Morgan fingerprint density at radius 2 is 1.93 bits per heavy atom. The van der Waals surface area contributed by atoms with Gasteiger partial charge in [0.2, 0.25) is 0 Å². The van der Waals surface area contributed by atoms with Crippen molar-refractivity contribution in [2.24, 2.45) is 0 Å². The van der Waals surface area contributed by atoms with Crippen LogP contribution in [-0.4, -0.2) is 23.1 Å². The molecular weight excluding hydrogens is 202 g/mol. The summed E-state index contributed by atoms with van der Waals surface area (Å²) in [6.45, 7) is 2.35. The van der Waals surface area contributed by atoms with Crippen LogP contribution in [-0.2, 0) is 0 Å². The van der Waals surface area contributed by atoms with Crippen molar-refractivity contribution in [3.8, 4) is 0 Å². The van der Waals surface area contributed by atoms with E-state index < -0.39 is 0 Å². The van der Waals surface area contributed by atoms with Crippen molar-refractivity contribution in [2.75, 3.05) is 6.26 Å². The molecule has 2 unspecified atom stereocenters. The van der Waals surface area contributed by atoms with Crippen LogP contribution in [0.2, 0.25) is 0 Å². The Hall–Kier alpha value is 0.310. The largest absolute Gasteiger partial charge is 0.307 e. The van der Waals surface area contributed by atoms with Crippen molar-refractivity contribution < 1.29 is 0 Å². The highest BCUT2D eigenvalue weighted by Gasteiger charge is 2.38. The predicted octanol–water partition coefficient (Wildman–Crippen LogP) is 3.58. The third-order valence-electron chi connectivity index (χ3n) is 4.48. The molecule has 2 rings (SSSR count). The van der Waals surface area contributed by atoms with Crippen LogP contribution in [0.3, 0.4) is 0 Å². The van der Waals surface area contributed by atoms with Gasteiger partial charge in [0.25, 0.3) is 0 Å². The highest BCUT2D eigenvalue weighted by molar-refractivity contribution is 7.99. The van der Waals surface area contributed by atoms with E-state index in [1.54, 1.807) is 0 Å². The van der Waals surface area contributed by atoms with Gasteiger partial charge in [-0.25, -0.2) is 0 Å². The van der Waals surface area contributed by atoms with Crippen LogP contribution in [0.4, 0.5) is 0 Å². The fraction of sp³-hybridized carbons (Fsp3) is 1.00. The van der Waals surface area contributed by atoms with Gasteiger partial charge in [-0.05, 0) is 44.8 Å². The topological polar surface area (TPSA) is 12.0 Å². The molecule has 0 aliphatic heterocycles. The molecule has 0 aromatic carbocycles. The Kier molecular flexibility index (Phi) is 4.00. The molecular formula is C13H25NS. The Bertz CT molecular complexity index is 195. The summed E-state index contributed by atoms with van der Waals surface area (Å²) in [5.41, 5.74) is 0.538. The molecule has 88 valence electrons. The Labute approximate surface area is 98.8 Å². The highest BCUT2D eigenvalue weighted by atomic mass is 32.2. The fourth-order valence-corrected chi connectivity index (χ4v) is 4.08. The van der Waals surface area contributed by atoms with Crippen molar-refractivity contribution in [3.63, 3.8) is 0 Å². The maximum absolute atomic E-state index is 4.00. The second kappa shape index (κ2) is 5.09. The number of rotatable bonds is 4. The van der Waals surface area contributed by atoms with Crippen LogP contribution in [0.15, 0.2) is 0 Å². The lowest BCUT2D eigenvalue weighted by atomic mass is 9.73. The molecule has 0 amide bonds. The molecule has 2 atom stereocenters. The van der Waals surface area contributed by atoms with Crippen LogP contribution >= 0.6 is 11.8 Å². The predicted molar refractivity (Wildman–Crippen MR) is 69.6 cm³/mol. The summed E-state index contributed by atoms with van der Waals surface area (Å²) < 4.78 is 0. The van der Waals surface area contributed by atoms with Gasteiger partial charge >= 0.3 is 0 Å². The fourth-order valence-electron chi connectivity index (χ4n) is 3.14. The third kappa shape index (κ3) is 2.52. The molecule has 0 aromatic rings. The quantitative estimate of drug-likeness (QED) is 0.788. The molecule has 1 nitrogen and oxygen atoms in total. The molecule has 0 aromatic heterocycles. The van der Waals surface area contributed by atoms with Gasteiger partial charge < -0.3 is 5.32 Å². The van der Waals surface area contributed by atoms with Crippen molar-refractivity contribution in [1.29, 1.82) is 0 Å². The first-order valence-electron chi connectivity index (χ1n) is 6.60. The summed E-state index contributed by atoms with van der Waals surface area (Å²) in [6.07, 6.45) is 13.6. The normalized spacial score (nSPS) is 34.8. The first kappa shape index (κ1) is 11.8. The van der Waals surface area contributed by atoms with Crippen molar-refractivity contribution in [2.45, 2.75) is 75.1 Å². The second-order valence-electron chi connectivity index (χ2n) is 5.30. The maximum atomic E-state index is 4.00. The summed E-state index contributed by atoms with van der Waals surface area (Å²) in [5, 5.41) is 4.88. The number of thioether (sulfide) groups is 1. The van der Waals surface area contributed by atoms with Crippen molar-refractivity contribution >= 4 is 11.8 Å². The van der Waals surface area contributed by atoms with E-state index in [1.165, 1.54) is 51.4 Å². The van der Waals surface area contributed by atoms with E-state index in [2.05, 4.69) is 30.3 Å². The number of nitrogens with one attached hydrogen (secondary N) is 1. The van der Waals surface area contributed by atoms with Crippen LogP contribution in [0.1, 0.15) is 58.3 Å². The van der Waals surface area contributed by atoms with Crippen molar-refractivity contribution in [1.82, 2.24) is 5.32 Å². The molecule has 0 radical (unpaired) electrons. The van der Waals surface area contributed by atoms with Gasteiger partial charge in [-0.1, -0.05) is 19.8 Å². The Morgan fingerprint density at radius 3 is 2.47 bits per heavy atom. The molecule has 0 bridgehead atoms. The molecule has 2 saturated carbocycles. The van der Waals surface area contributed by atoms with E-state index in [-0.39, 0.29) is 0 Å². The van der Waals surface area contributed by atoms with Crippen LogP contribution in [0.25, 0.3) is 0 Å². The van der Waals surface area contributed by atoms with E-state index in [0.717, 1.165) is 11.3 Å². The van der Waals surface area contributed by atoms with Gasteiger partial charge in [0, 0.05) is 16.8 Å². The molecule has 2 aliphatic rings. The zero-order valence-corrected chi connectivity index (χ0v) is 11.0. The minimum absolute atomic E-state index is 0.538. The SMILES string of the molecule is CCC1(NC2CCCCC2SC)CCC1. The highest BCUT2D eigenvalue weighted by Crippen LogP contribution is 2.37. The molecule has 15 heavy (non-hydrogen) atoms. The van der Waals surface area contributed by atoms with E-state index in [0.29, 0.717) is 5.54 Å². The molecule has 0 saturated heterocycles. The third-order valence-corrected chi connectivity index (χ3v) is 5.65. The van der Waals surface area contributed by atoms with Crippen LogP contribution in [0.5, 0.6) is 0 Å².